The number of carboxylic acid groups (broad SMARTS) is 1. The Bertz CT molecular complexity index is 1400. The Labute approximate surface area is 227 Å². The third kappa shape index (κ3) is 7.75. The molecule has 11 nitrogen and oxygen atoms in total. The minimum Gasteiger partial charge on any atom is -0.483 e. The van der Waals surface area contributed by atoms with E-state index in [4.69, 9.17) is 9.90 Å². The molecule has 0 aliphatic carbocycles. The fourth-order valence-corrected chi connectivity index (χ4v) is 5.23. The van der Waals surface area contributed by atoms with E-state index in [1.165, 1.54) is 18.3 Å². The van der Waals surface area contributed by atoms with E-state index in [0.717, 1.165) is 36.8 Å². The molecule has 2 aromatic heterocycles. The van der Waals surface area contributed by atoms with Crippen LogP contribution >= 0.6 is 0 Å². The third-order valence-electron chi connectivity index (χ3n) is 6.04. The van der Waals surface area contributed by atoms with E-state index < -0.39 is 32.5 Å². The number of alkyl halides is 3. The second kappa shape index (κ2) is 12.9. The number of anilines is 3. The van der Waals surface area contributed by atoms with Gasteiger partial charge >= 0.3 is 6.18 Å². The summed E-state index contributed by atoms with van der Waals surface area (Å²) < 4.78 is 81.7. The largest absolute Gasteiger partial charge is 0.483 e. The predicted molar refractivity (Wildman–Crippen MR) is 139 cm³/mol. The van der Waals surface area contributed by atoms with Gasteiger partial charge in [0.2, 0.25) is 0 Å². The number of likely N-dealkylation sites (N-methyl/N-ethyl adjacent to an activating group) is 1. The quantitative estimate of drug-likeness (QED) is 0.280. The van der Waals surface area contributed by atoms with Gasteiger partial charge in [-0.15, -0.1) is 0 Å². The van der Waals surface area contributed by atoms with E-state index in [0.29, 0.717) is 25.2 Å². The number of benzene rings is 1. The second-order valence-corrected chi connectivity index (χ2v) is 10.5. The van der Waals surface area contributed by atoms with E-state index in [1.54, 1.807) is 4.90 Å². The van der Waals surface area contributed by atoms with E-state index in [2.05, 4.69) is 25.0 Å². The highest BCUT2D eigenvalue weighted by Crippen LogP contribution is 2.32. The van der Waals surface area contributed by atoms with Crippen LogP contribution in [0.3, 0.4) is 0 Å². The minimum absolute atomic E-state index is 0.00689. The molecule has 2 atom stereocenters. The van der Waals surface area contributed by atoms with Gasteiger partial charge in [0, 0.05) is 43.3 Å². The lowest BCUT2D eigenvalue weighted by Gasteiger charge is -2.43. The van der Waals surface area contributed by atoms with Crippen LogP contribution in [0, 0.1) is 5.82 Å². The molecule has 16 heteroatoms. The van der Waals surface area contributed by atoms with Crippen molar-refractivity contribution in [1.82, 2.24) is 19.9 Å². The Morgan fingerprint density at radius 3 is 2.45 bits per heavy atom. The van der Waals surface area contributed by atoms with E-state index in [-0.39, 0.29) is 30.2 Å². The molecule has 3 aromatic rings. The SMILES string of the molecule is CN(C)[C@H]1CN(c2cc(C(F)(F)F)ccn2)CC[C@@H]1Nc1ccc(S(=O)(=O)Nc2ccncn2)c(F)c1.O=CO. The molecule has 0 radical (unpaired) electrons. The Hall–Kier alpha value is -4.05. The van der Waals surface area contributed by atoms with Gasteiger partial charge in [0.25, 0.3) is 16.5 Å². The smallest absolute Gasteiger partial charge is 0.416 e. The molecule has 0 bridgehead atoms. The molecule has 0 spiro atoms. The van der Waals surface area contributed by atoms with Gasteiger partial charge in [-0.3, -0.25) is 9.52 Å². The van der Waals surface area contributed by atoms with Crippen LogP contribution in [0.25, 0.3) is 0 Å². The highest BCUT2D eigenvalue weighted by Gasteiger charge is 2.34. The summed E-state index contributed by atoms with van der Waals surface area (Å²) in [5.74, 6) is -0.706. The van der Waals surface area contributed by atoms with Crippen LogP contribution < -0.4 is 14.9 Å². The molecule has 1 aliphatic heterocycles. The fraction of sp³-hybridized carbons (Fsp3) is 0.333. The predicted octanol–water partition coefficient (Wildman–Crippen LogP) is 3.15. The van der Waals surface area contributed by atoms with Crippen molar-refractivity contribution in [3.8, 4) is 0 Å². The molecular formula is C24H27F4N7O4S. The topological polar surface area (TPSA) is 141 Å². The van der Waals surface area contributed by atoms with Gasteiger partial charge in [0.05, 0.1) is 5.56 Å². The number of sulfonamides is 1. The monoisotopic (exact) mass is 585 g/mol. The molecular weight excluding hydrogens is 558 g/mol. The van der Waals surface area contributed by atoms with Crippen LogP contribution in [0.5, 0.6) is 0 Å². The number of hydrogen-bond donors (Lipinski definition) is 3. The molecule has 40 heavy (non-hydrogen) atoms. The first-order chi connectivity index (χ1) is 18.9. The summed E-state index contributed by atoms with van der Waals surface area (Å²) in [5, 5.41) is 10.1. The van der Waals surface area contributed by atoms with Crippen molar-refractivity contribution in [2.75, 3.05) is 42.1 Å². The average molecular weight is 586 g/mol. The van der Waals surface area contributed by atoms with Crippen LogP contribution in [0.15, 0.2) is 60.0 Å². The van der Waals surface area contributed by atoms with Crippen molar-refractivity contribution in [2.24, 2.45) is 0 Å². The summed E-state index contributed by atoms with van der Waals surface area (Å²) in [4.78, 5) is 23.1. The van der Waals surface area contributed by atoms with Crippen LogP contribution in [0.4, 0.5) is 34.9 Å². The maximum atomic E-state index is 14.9. The standard InChI is InChI=1S/C23H25F4N7O2S.CH2O2/c1-33(2)19-13-34(22-11-15(5-9-29-22)23(25,26)27)10-7-18(19)31-16-3-4-20(17(24)12-16)37(35,36)32-21-6-8-28-14-30-21;2-1-3/h3-6,8-9,11-12,14,18-19,31H,7,10,13H2,1-2H3,(H,28,30,32);1H,(H,2,3)/t18-,19-;/m0./s1. The molecule has 216 valence electrons. The normalized spacial score (nSPS) is 17.5. The Kier molecular flexibility index (Phi) is 9.81. The first-order valence-corrected chi connectivity index (χ1v) is 13.2. The summed E-state index contributed by atoms with van der Waals surface area (Å²) in [6, 6.07) is 6.69. The summed E-state index contributed by atoms with van der Waals surface area (Å²) in [6.07, 6.45) is -0.282. The molecule has 1 aliphatic rings. The maximum absolute atomic E-state index is 14.9. The molecule has 1 saturated heterocycles. The summed E-state index contributed by atoms with van der Waals surface area (Å²) in [5.41, 5.74) is -0.389. The number of nitrogens with zero attached hydrogens (tertiary/aromatic N) is 5. The minimum atomic E-state index is -4.47. The third-order valence-corrected chi connectivity index (χ3v) is 7.42. The van der Waals surface area contributed by atoms with E-state index >= 15 is 0 Å². The number of halogens is 4. The molecule has 1 fully saturated rings. The molecule has 3 N–H and O–H groups in total. The number of rotatable bonds is 7. The number of aromatic nitrogens is 3. The lowest BCUT2D eigenvalue weighted by atomic mass is 9.97. The summed E-state index contributed by atoms with van der Waals surface area (Å²) in [7, 11) is -0.526. The average Bonchev–Trinajstić information content (AvgIpc) is 2.89. The highest BCUT2D eigenvalue weighted by molar-refractivity contribution is 7.92. The van der Waals surface area contributed by atoms with Gasteiger partial charge in [0.15, 0.2) is 0 Å². The zero-order chi connectivity index (χ0) is 29.5. The maximum Gasteiger partial charge on any atom is 0.416 e. The number of nitrogens with one attached hydrogen (secondary N) is 2. The summed E-state index contributed by atoms with van der Waals surface area (Å²) in [6.45, 7) is 0.560. The fourth-order valence-electron chi connectivity index (χ4n) is 4.17. The zero-order valence-corrected chi connectivity index (χ0v) is 22.2. The van der Waals surface area contributed by atoms with Gasteiger partial charge in [-0.1, -0.05) is 0 Å². The molecule has 0 unspecified atom stereocenters. The van der Waals surface area contributed by atoms with Crippen LogP contribution in [-0.4, -0.2) is 79.1 Å². The Morgan fingerprint density at radius 2 is 1.85 bits per heavy atom. The van der Waals surface area contributed by atoms with Crippen LogP contribution in [0.1, 0.15) is 12.0 Å². The van der Waals surface area contributed by atoms with Crippen molar-refractivity contribution in [3.05, 3.63) is 66.5 Å². The molecule has 1 aromatic carbocycles. The highest BCUT2D eigenvalue weighted by atomic mass is 32.2. The zero-order valence-electron chi connectivity index (χ0n) is 21.4. The number of hydrogen-bond acceptors (Lipinski definition) is 9. The lowest BCUT2D eigenvalue weighted by Crippen LogP contribution is -2.56. The van der Waals surface area contributed by atoms with Crippen molar-refractivity contribution in [2.45, 2.75) is 29.6 Å². The van der Waals surface area contributed by atoms with Gasteiger partial charge in [-0.05, 0) is 56.9 Å². The lowest BCUT2D eigenvalue weighted by molar-refractivity contribution is -0.137. The summed E-state index contributed by atoms with van der Waals surface area (Å²) >= 11 is 0. The molecule has 3 heterocycles. The Morgan fingerprint density at radius 1 is 1.12 bits per heavy atom. The van der Waals surface area contributed by atoms with E-state index in [9.17, 15) is 26.0 Å². The van der Waals surface area contributed by atoms with Crippen molar-refractivity contribution < 1.29 is 35.9 Å². The van der Waals surface area contributed by atoms with Gasteiger partial charge < -0.3 is 20.2 Å². The van der Waals surface area contributed by atoms with Gasteiger partial charge in [-0.25, -0.2) is 27.8 Å². The number of carbonyl (C=O) groups is 1. The van der Waals surface area contributed by atoms with Crippen molar-refractivity contribution >= 4 is 33.8 Å². The molecule has 0 amide bonds. The first kappa shape index (κ1) is 30.5. The van der Waals surface area contributed by atoms with Crippen molar-refractivity contribution in [3.63, 3.8) is 0 Å². The number of piperidine rings is 1. The first-order valence-electron chi connectivity index (χ1n) is 11.7. The Balaban J connectivity index is 0.00000141. The molecule has 4 rings (SSSR count). The van der Waals surface area contributed by atoms with Crippen LogP contribution in [-0.2, 0) is 21.0 Å². The molecule has 0 saturated carbocycles. The van der Waals surface area contributed by atoms with Gasteiger partial charge in [-0.2, -0.15) is 13.2 Å². The van der Waals surface area contributed by atoms with Crippen LogP contribution in [0.2, 0.25) is 0 Å². The van der Waals surface area contributed by atoms with Crippen molar-refractivity contribution in [1.29, 1.82) is 0 Å². The number of pyridine rings is 1. The second-order valence-electron chi connectivity index (χ2n) is 8.87. The van der Waals surface area contributed by atoms with Gasteiger partial charge in [0.1, 0.15) is 28.7 Å². The van der Waals surface area contributed by atoms with E-state index in [1.807, 2.05) is 19.0 Å².